The number of methoxy groups -OCH3 is 1. The van der Waals surface area contributed by atoms with Crippen LogP contribution in [0.1, 0.15) is 18.8 Å². The topological polar surface area (TPSA) is 127 Å². The van der Waals surface area contributed by atoms with E-state index in [0.29, 0.717) is 11.2 Å². The minimum Gasteiger partial charge on any atom is -0.494 e. The Balaban J connectivity index is 1.65. The molecule has 0 fully saturated rings. The fraction of sp³-hybridized carbons (Fsp3) is 0.111. The average Bonchev–Trinajstić information content (AvgIpc) is 3.35. The second-order valence-electron chi connectivity index (χ2n) is 8.83. The van der Waals surface area contributed by atoms with Crippen molar-refractivity contribution in [3.8, 4) is 22.7 Å². The van der Waals surface area contributed by atoms with Gasteiger partial charge in [-0.1, -0.05) is 17.7 Å². The Labute approximate surface area is 229 Å². The number of nitrogens with two attached hydrogens (primary N) is 1. The van der Waals surface area contributed by atoms with Crippen LogP contribution in [0.25, 0.3) is 38.9 Å². The number of ether oxygens (including phenoxy) is 1. The van der Waals surface area contributed by atoms with Crippen LogP contribution in [-0.2, 0) is 0 Å². The molecule has 40 heavy (non-hydrogen) atoms. The van der Waals surface area contributed by atoms with Crippen LogP contribution in [0.5, 0.6) is 5.75 Å². The molecule has 4 heterocycles. The number of anilines is 1. The zero-order valence-electron chi connectivity index (χ0n) is 21.0. The summed E-state index contributed by atoms with van der Waals surface area (Å²) in [6.45, 7) is 1.74. The van der Waals surface area contributed by atoms with Gasteiger partial charge < -0.3 is 10.5 Å². The second kappa shape index (κ2) is 9.65. The highest BCUT2D eigenvalue weighted by Gasteiger charge is 2.28. The first-order valence-electron chi connectivity index (χ1n) is 11.9. The van der Waals surface area contributed by atoms with Gasteiger partial charge in [0.1, 0.15) is 29.7 Å². The highest BCUT2D eigenvalue weighted by atomic mass is 35.5. The van der Waals surface area contributed by atoms with Gasteiger partial charge in [0.15, 0.2) is 17.2 Å². The summed E-state index contributed by atoms with van der Waals surface area (Å²) in [6, 6.07) is 10.2. The Morgan fingerprint density at radius 2 is 1.88 bits per heavy atom. The normalized spacial score (nSPS) is 12.2. The Morgan fingerprint density at radius 1 is 1.05 bits per heavy atom. The lowest BCUT2D eigenvalue weighted by molar-refractivity contribution is 0.372. The smallest absolute Gasteiger partial charge is 0.267 e. The first kappa shape index (κ1) is 25.3. The lowest BCUT2D eigenvalue weighted by Gasteiger charge is -2.19. The highest BCUT2D eigenvalue weighted by molar-refractivity contribution is 6.35. The Hall–Kier alpha value is -4.97. The molecule has 0 aliphatic heterocycles. The number of hydrogen-bond acceptors (Lipinski definition) is 8. The SMILES string of the molecule is COc1ccc(-c2nn([C@@H](C)c3nc4cccc(Cl)c4c(=O)n3-c3cccnc3)c3ncnc(N)c23)c(F)c1F. The third kappa shape index (κ3) is 3.83. The number of pyridine rings is 1. The van der Waals surface area contributed by atoms with E-state index in [-0.39, 0.29) is 50.1 Å². The molecule has 0 aliphatic rings. The van der Waals surface area contributed by atoms with Crippen molar-refractivity contribution >= 4 is 39.4 Å². The van der Waals surface area contributed by atoms with Gasteiger partial charge in [0.05, 0.1) is 40.3 Å². The highest BCUT2D eigenvalue weighted by Crippen LogP contribution is 2.36. The number of nitrogen functional groups attached to an aromatic ring is 1. The van der Waals surface area contributed by atoms with Crippen LogP contribution < -0.4 is 16.0 Å². The Kier molecular flexibility index (Phi) is 6.11. The van der Waals surface area contributed by atoms with Crippen LogP contribution in [-0.4, -0.2) is 41.4 Å². The molecule has 0 aliphatic carbocycles. The van der Waals surface area contributed by atoms with Crippen molar-refractivity contribution < 1.29 is 13.5 Å². The molecule has 0 saturated heterocycles. The molecule has 0 unspecified atom stereocenters. The van der Waals surface area contributed by atoms with Crippen molar-refractivity contribution in [3.05, 3.63) is 94.0 Å². The van der Waals surface area contributed by atoms with E-state index in [1.807, 2.05) is 0 Å². The van der Waals surface area contributed by atoms with E-state index < -0.39 is 23.2 Å². The third-order valence-corrected chi connectivity index (χ3v) is 6.87. The van der Waals surface area contributed by atoms with Crippen molar-refractivity contribution in [1.82, 2.24) is 34.3 Å². The summed E-state index contributed by atoms with van der Waals surface area (Å²) < 4.78 is 37.6. The Morgan fingerprint density at radius 3 is 2.62 bits per heavy atom. The van der Waals surface area contributed by atoms with Gasteiger partial charge in [0, 0.05) is 11.8 Å². The molecule has 13 heteroatoms. The van der Waals surface area contributed by atoms with E-state index >= 15 is 4.39 Å². The lowest BCUT2D eigenvalue weighted by Crippen LogP contribution is -2.28. The molecule has 0 saturated carbocycles. The molecule has 2 N–H and O–H groups in total. The predicted molar refractivity (Wildman–Crippen MR) is 146 cm³/mol. The van der Waals surface area contributed by atoms with Crippen molar-refractivity contribution in [2.24, 2.45) is 0 Å². The van der Waals surface area contributed by atoms with Crippen LogP contribution in [0.15, 0.2) is 66.0 Å². The maximum Gasteiger partial charge on any atom is 0.267 e. The number of benzene rings is 2. The number of halogens is 3. The van der Waals surface area contributed by atoms with Gasteiger partial charge >= 0.3 is 0 Å². The second-order valence-corrected chi connectivity index (χ2v) is 9.23. The quantitative estimate of drug-likeness (QED) is 0.321. The molecule has 0 bridgehead atoms. The summed E-state index contributed by atoms with van der Waals surface area (Å²) in [4.78, 5) is 31.1. The van der Waals surface area contributed by atoms with Gasteiger partial charge in [-0.05, 0) is 43.3 Å². The minimum absolute atomic E-state index is 0.0111. The van der Waals surface area contributed by atoms with E-state index in [2.05, 4.69) is 20.1 Å². The zero-order chi connectivity index (χ0) is 28.1. The number of nitrogens with zero attached hydrogens (tertiary/aromatic N) is 7. The van der Waals surface area contributed by atoms with Crippen LogP contribution >= 0.6 is 11.6 Å². The molecule has 0 spiro atoms. The molecular formula is C27H19ClF2N8O2. The maximum absolute atomic E-state index is 15.2. The third-order valence-electron chi connectivity index (χ3n) is 6.56. The zero-order valence-corrected chi connectivity index (χ0v) is 21.8. The fourth-order valence-electron chi connectivity index (χ4n) is 4.66. The van der Waals surface area contributed by atoms with Crippen molar-refractivity contribution in [3.63, 3.8) is 0 Å². The lowest BCUT2D eigenvalue weighted by atomic mass is 10.1. The summed E-state index contributed by atoms with van der Waals surface area (Å²) in [5.74, 6) is -2.33. The first-order valence-corrected chi connectivity index (χ1v) is 12.3. The summed E-state index contributed by atoms with van der Waals surface area (Å²) in [7, 11) is 1.24. The van der Waals surface area contributed by atoms with Crippen LogP contribution in [0.2, 0.25) is 5.02 Å². The number of hydrogen-bond donors (Lipinski definition) is 1. The maximum atomic E-state index is 15.2. The van der Waals surface area contributed by atoms with Gasteiger partial charge in [-0.15, -0.1) is 0 Å². The van der Waals surface area contributed by atoms with Crippen molar-refractivity contribution in [2.75, 3.05) is 12.8 Å². The predicted octanol–water partition coefficient (Wildman–Crippen LogP) is 4.72. The molecule has 200 valence electrons. The molecule has 4 aromatic heterocycles. The standard InChI is InChI=1S/C27H19ClF2N8O2/c1-13(25-35-17-7-3-6-16(28)19(17)27(39)37(25)14-5-4-10-32-11-14)38-26-20(24(31)33-12-34-26)23(36-38)15-8-9-18(40-2)22(30)21(15)29/h3-13H,1-2H3,(H2,31,33,34)/t13-/m0/s1. The molecular weight excluding hydrogens is 542 g/mol. The number of fused-ring (bicyclic) bond motifs is 2. The number of aromatic nitrogens is 7. The van der Waals surface area contributed by atoms with E-state index in [9.17, 15) is 9.18 Å². The summed E-state index contributed by atoms with van der Waals surface area (Å²) >= 11 is 6.39. The molecule has 0 amide bonds. The molecule has 0 radical (unpaired) electrons. The molecule has 10 nitrogen and oxygen atoms in total. The number of rotatable bonds is 5. The van der Waals surface area contributed by atoms with Crippen LogP contribution in [0.4, 0.5) is 14.6 Å². The van der Waals surface area contributed by atoms with Gasteiger partial charge in [-0.3, -0.25) is 14.3 Å². The van der Waals surface area contributed by atoms with Gasteiger partial charge in [0.2, 0.25) is 5.82 Å². The average molecular weight is 561 g/mol. The van der Waals surface area contributed by atoms with Crippen LogP contribution in [0, 0.1) is 11.6 Å². The summed E-state index contributed by atoms with van der Waals surface area (Å²) in [5.41, 5.74) is 6.65. The van der Waals surface area contributed by atoms with E-state index in [4.69, 9.17) is 27.1 Å². The van der Waals surface area contributed by atoms with Gasteiger partial charge in [-0.25, -0.2) is 24.0 Å². The fourth-order valence-corrected chi connectivity index (χ4v) is 4.91. The Bertz CT molecular complexity index is 2000. The van der Waals surface area contributed by atoms with Gasteiger partial charge in [0.25, 0.3) is 5.56 Å². The van der Waals surface area contributed by atoms with Crippen molar-refractivity contribution in [2.45, 2.75) is 13.0 Å². The summed E-state index contributed by atoms with van der Waals surface area (Å²) in [5, 5.41) is 5.29. The largest absolute Gasteiger partial charge is 0.494 e. The molecule has 6 rings (SSSR count). The van der Waals surface area contributed by atoms with Crippen LogP contribution in [0.3, 0.4) is 0 Å². The van der Waals surface area contributed by atoms with E-state index in [1.165, 1.54) is 41.0 Å². The minimum atomic E-state index is -1.18. The van der Waals surface area contributed by atoms with E-state index in [0.717, 1.165) is 0 Å². The molecule has 1 atom stereocenters. The van der Waals surface area contributed by atoms with Gasteiger partial charge in [-0.2, -0.15) is 9.49 Å². The van der Waals surface area contributed by atoms with Crippen molar-refractivity contribution in [1.29, 1.82) is 0 Å². The summed E-state index contributed by atoms with van der Waals surface area (Å²) in [6.07, 6.45) is 4.33. The molecule has 2 aromatic carbocycles. The van der Waals surface area contributed by atoms with E-state index in [1.54, 1.807) is 43.5 Å². The first-order chi connectivity index (χ1) is 19.3. The molecule has 6 aromatic rings. The monoisotopic (exact) mass is 560 g/mol.